The zero-order chi connectivity index (χ0) is 13.6. The van der Waals surface area contributed by atoms with Crippen molar-refractivity contribution < 1.29 is 93.9 Å². The molecule has 0 fully saturated rings. The number of imidazole rings is 1. The minimum Gasteiger partial charge on any atom is -0.852 e. The zero-order valence-corrected chi connectivity index (χ0v) is 16.1. The van der Waals surface area contributed by atoms with Crippen molar-refractivity contribution in [2.24, 2.45) is 0 Å². The van der Waals surface area contributed by atoms with E-state index in [4.69, 9.17) is 19.2 Å². The molecule has 0 aliphatic carbocycles. The first-order chi connectivity index (χ1) is 7.66. The van der Waals surface area contributed by atoms with Gasteiger partial charge in [0.25, 0.3) is 7.82 Å². The number of rotatable bonds is 3. The Kier molecular flexibility index (Phi) is 19.1. The van der Waals surface area contributed by atoms with Gasteiger partial charge in [-0.15, -0.1) is 6.61 Å². The molecule has 0 radical (unpaired) electrons. The largest absolute Gasteiger partial charge is 1.00 e. The van der Waals surface area contributed by atoms with Gasteiger partial charge in [-0.2, -0.15) is 0 Å². The first kappa shape index (κ1) is 28.8. The van der Waals surface area contributed by atoms with E-state index in [0.717, 1.165) is 6.20 Å². The van der Waals surface area contributed by atoms with Crippen LogP contribution < -0.4 is 69.1 Å². The van der Waals surface area contributed by atoms with Crippen LogP contribution in [0, 0.1) is 17.0 Å². The third-order valence-electron chi connectivity index (χ3n) is 1.54. The van der Waals surface area contributed by atoms with Crippen LogP contribution in [0.15, 0.2) is 6.20 Å². The van der Waals surface area contributed by atoms with Crippen LogP contribution in [-0.4, -0.2) is 36.3 Å². The van der Waals surface area contributed by atoms with Crippen LogP contribution in [0.1, 0.15) is 5.82 Å². The van der Waals surface area contributed by atoms with Gasteiger partial charge in [-0.25, -0.2) is 9.55 Å². The summed E-state index contributed by atoms with van der Waals surface area (Å²) in [5.41, 5.74) is 0. The SMILES string of the molecule is Cc1ncc([N+](=O)[O-])n1CC[O-].O.O=P([O-])(O)O.[Na+].[Na+]. The molecular weight excluding hydrogens is 319 g/mol. The molecule has 0 aliphatic heterocycles. The number of aromatic nitrogens is 2. The molecule has 20 heavy (non-hydrogen) atoms. The van der Waals surface area contributed by atoms with Gasteiger partial charge in [-0.05, 0) is 4.92 Å². The van der Waals surface area contributed by atoms with Gasteiger partial charge in [0.05, 0.1) is 6.54 Å². The van der Waals surface area contributed by atoms with Gasteiger partial charge < -0.3 is 35.4 Å². The van der Waals surface area contributed by atoms with Crippen LogP contribution in [0.25, 0.3) is 0 Å². The van der Waals surface area contributed by atoms with E-state index in [-0.39, 0.29) is 83.6 Å². The molecule has 1 heterocycles. The van der Waals surface area contributed by atoms with E-state index in [1.807, 2.05) is 0 Å². The molecule has 14 heteroatoms. The number of aryl methyl sites for hydroxylation is 1. The van der Waals surface area contributed by atoms with E-state index in [1.54, 1.807) is 6.92 Å². The van der Waals surface area contributed by atoms with Gasteiger partial charge in [0.1, 0.15) is 6.20 Å². The number of hydrogen-bond donors (Lipinski definition) is 2. The fourth-order valence-electron chi connectivity index (χ4n) is 0.970. The van der Waals surface area contributed by atoms with Gasteiger partial charge in [0, 0.05) is 6.92 Å². The summed E-state index contributed by atoms with van der Waals surface area (Å²) in [7, 11) is -4.89. The van der Waals surface area contributed by atoms with Crippen LogP contribution in [0.2, 0.25) is 0 Å². The molecular formula is C6H12N3Na2O8P. The van der Waals surface area contributed by atoms with E-state index < -0.39 is 12.7 Å². The maximum absolute atomic E-state index is 10.4. The van der Waals surface area contributed by atoms with Crippen molar-refractivity contribution >= 4 is 13.6 Å². The Labute approximate surface area is 158 Å². The number of nitro groups is 1. The van der Waals surface area contributed by atoms with Crippen LogP contribution in [0.4, 0.5) is 5.82 Å². The normalized spacial score (nSPS) is 9.05. The van der Waals surface area contributed by atoms with Crippen molar-refractivity contribution in [2.45, 2.75) is 13.5 Å². The van der Waals surface area contributed by atoms with Gasteiger partial charge in [0.15, 0.2) is 5.82 Å². The summed E-state index contributed by atoms with van der Waals surface area (Å²) in [6, 6.07) is 0. The van der Waals surface area contributed by atoms with Crippen molar-refractivity contribution in [3.05, 3.63) is 22.1 Å². The molecule has 1 aromatic rings. The predicted octanol–water partition coefficient (Wildman–Crippen LogP) is -8.92. The van der Waals surface area contributed by atoms with E-state index in [0.29, 0.717) is 5.82 Å². The van der Waals surface area contributed by atoms with Crippen molar-refractivity contribution in [2.75, 3.05) is 6.61 Å². The number of hydrogen-bond acceptors (Lipinski definition) is 6. The second-order valence-electron chi connectivity index (χ2n) is 2.77. The topological polar surface area (TPSA) is 196 Å². The Hall–Kier alpha value is 0.640. The summed E-state index contributed by atoms with van der Waals surface area (Å²) >= 11 is 0. The van der Waals surface area contributed by atoms with Crippen molar-refractivity contribution in [3.63, 3.8) is 0 Å². The molecule has 1 aromatic heterocycles. The second-order valence-corrected chi connectivity index (χ2v) is 3.75. The van der Waals surface area contributed by atoms with E-state index in [1.165, 1.54) is 4.57 Å². The van der Waals surface area contributed by atoms with Gasteiger partial charge in [0.2, 0.25) is 0 Å². The molecule has 0 aromatic carbocycles. The third-order valence-corrected chi connectivity index (χ3v) is 1.54. The summed E-state index contributed by atoms with van der Waals surface area (Å²) in [4.78, 5) is 36.5. The predicted molar refractivity (Wildman–Crippen MR) is 54.1 cm³/mol. The standard InChI is InChI=1S/C6H8N3O3.2Na.H3O4P.H2O/c1-5-7-4-6(9(11)12)8(5)2-3-10;;;1-5(2,3)4;/h4H,2-3H2,1H3;;;(H3,1,2,3,4);1H2/q-1;2*+1;;/p-1. The van der Waals surface area contributed by atoms with Gasteiger partial charge in [-0.1, -0.05) is 0 Å². The molecule has 0 bridgehead atoms. The summed E-state index contributed by atoms with van der Waals surface area (Å²) in [5.74, 6) is 0.376. The smallest absolute Gasteiger partial charge is 0.852 e. The fraction of sp³-hybridized carbons (Fsp3) is 0.500. The Bertz CT molecular complexity index is 428. The number of nitrogens with zero attached hydrogens (tertiary/aromatic N) is 3. The molecule has 11 nitrogen and oxygen atoms in total. The average molecular weight is 331 g/mol. The Morgan fingerprint density at radius 1 is 1.45 bits per heavy atom. The maximum atomic E-state index is 10.4. The molecule has 0 unspecified atom stereocenters. The summed E-state index contributed by atoms with van der Waals surface area (Å²) < 4.78 is 10.1. The second kappa shape index (κ2) is 13.3. The molecule has 0 saturated heterocycles. The number of phosphoric acid groups is 1. The average Bonchev–Trinajstić information content (AvgIpc) is 2.46. The van der Waals surface area contributed by atoms with Crippen LogP contribution in [0.3, 0.4) is 0 Å². The first-order valence-corrected chi connectivity index (χ1v) is 5.71. The Morgan fingerprint density at radius 3 is 2.15 bits per heavy atom. The van der Waals surface area contributed by atoms with E-state index in [2.05, 4.69) is 4.98 Å². The zero-order valence-electron chi connectivity index (χ0n) is 11.2. The quantitative estimate of drug-likeness (QED) is 0.235. The molecule has 1 rings (SSSR count). The maximum Gasteiger partial charge on any atom is 1.00 e. The molecule has 0 atom stereocenters. The fourth-order valence-corrected chi connectivity index (χ4v) is 0.970. The van der Waals surface area contributed by atoms with Crippen LogP contribution in [0.5, 0.6) is 0 Å². The first-order valence-electron chi connectivity index (χ1n) is 4.18. The van der Waals surface area contributed by atoms with Crippen LogP contribution in [-0.2, 0) is 11.1 Å². The molecule has 4 N–H and O–H groups in total. The molecule has 0 aliphatic rings. The van der Waals surface area contributed by atoms with Gasteiger partial charge >= 0.3 is 64.9 Å². The summed E-state index contributed by atoms with van der Waals surface area (Å²) in [5, 5.41) is 20.6. The Morgan fingerprint density at radius 2 is 1.85 bits per heavy atom. The van der Waals surface area contributed by atoms with Crippen molar-refractivity contribution in [3.8, 4) is 0 Å². The van der Waals surface area contributed by atoms with Crippen LogP contribution >= 0.6 is 7.82 Å². The van der Waals surface area contributed by atoms with Crippen molar-refractivity contribution in [1.82, 2.24) is 9.55 Å². The minimum absolute atomic E-state index is 0. The molecule has 106 valence electrons. The summed E-state index contributed by atoms with van der Waals surface area (Å²) in [6.45, 7) is 1.35. The van der Waals surface area contributed by atoms with Crippen molar-refractivity contribution in [1.29, 1.82) is 0 Å². The summed E-state index contributed by atoms with van der Waals surface area (Å²) in [6.07, 6.45) is 1.16. The minimum atomic E-state index is -4.89. The molecule has 0 spiro atoms. The third kappa shape index (κ3) is 13.6. The monoisotopic (exact) mass is 331 g/mol. The van der Waals surface area contributed by atoms with E-state index in [9.17, 15) is 15.2 Å². The van der Waals surface area contributed by atoms with E-state index >= 15 is 0 Å². The molecule has 0 saturated carbocycles. The van der Waals surface area contributed by atoms with Gasteiger partial charge in [-0.3, -0.25) is 4.57 Å². The molecule has 0 amide bonds. The Balaban J connectivity index is -0.000000141.